The summed E-state index contributed by atoms with van der Waals surface area (Å²) in [6, 6.07) is 0. The summed E-state index contributed by atoms with van der Waals surface area (Å²) in [5, 5.41) is 0. The van der Waals surface area contributed by atoms with Crippen molar-refractivity contribution in [3.05, 3.63) is 11.5 Å². The van der Waals surface area contributed by atoms with Crippen LogP contribution in [-0.4, -0.2) is 9.55 Å². The number of aryl methyl sites for hydroxylation is 2. The molecule has 0 radical (unpaired) electrons. The van der Waals surface area contributed by atoms with Gasteiger partial charge in [-0.05, 0) is 12.3 Å². The number of nitrogens with two attached hydrogens (primary N) is 1. The summed E-state index contributed by atoms with van der Waals surface area (Å²) in [5.41, 5.74) is 7.19. The van der Waals surface area contributed by atoms with Gasteiger partial charge < -0.3 is 10.3 Å². The largest absolute Gasteiger partial charge is 0.384 e. The molecule has 3 nitrogen and oxygen atoms in total. The van der Waals surface area contributed by atoms with Gasteiger partial charge in [-0.3, -0.25) is 0 Å². The standard InChI is InChI=1S/C12H23N3/c1-5-7-10-12(13)15(8-9(3)4)11(6-2)14-10/h9H,5-8,13H2,1-4H3. The Labute approximate surface area is 92.7 Å². The summed E-state index contributed by atoms with van der Waals surface area (Å²) < 4.78 is 2.18. The molecule has 0 saturated carbocycles. The van der Waals surface area contributed by atoms with E-state index in [0.717, 1.165) is 43.1 Å². The minimum Gasteiger partial charge on any atom is -0.384 e. The molecule has 0 fully saturated rings. The Morgan fingerprint density at radius 1 is 1.33 bits per heavy atom. The van der Waals surface area contributed by atoms with Crippen molar-refractivity contribution in [2.24, 2.45) is 5.92 Å². The first-order valence-corrected chi connectivity index (χ1v) is 5.93. The van der Waals surface area contributed by atoms with Crippen LogP contribution in [0.3, 0.4) is 0 Å². The lowest BCUT2D eigenvalue weighted by atomic mass is 10.2. The van der Waals surface area contributed by atoms with Crippen molar-refractivity contribution >= 4 is 5.82 Å². The van der Waals surface area contributed by atoms with Gasteiger partial charge in [-0.15, -0.1) is 0 Å². The van der Waals surface area contributed by atoms with Crippen LogP contribution in [0.25, 0.3) is 0 Å². The molecule has 1 heterocycles. The quantitative estimate of drug-likeness (QED) is 0.810. The molecule has 0 aromatic carbocycles. The molecule has 1 aromatic rings. The van der Waals surface area contributed by atoms with E-state index in [1.54, 1.807) is 0 Å². The van der Waals surface area contributed by atoms with Crippen molar-refractivity contribution in [3.63, 3.8) is 0 Å². The van der Waals surface area contributed by atoms with E-state index < -0.39 is 0 Å². The molecule has 0 unspecified atom stereocenters. The van der Waals surface area contributed by atoms with Crippen LogP contribution in [0.15, 0.2) is 0 Å². The Hall–Kier alpha value is -0.990. The minimum atomic E-state index is 0.612. The lowest BCUT2D eigenvalue weighted by Crippen LogP contribution is -2.11. The molecule has 0 aliphatic carbocycles. The van der Waals surface area contributed by atoms with Gasteiger partial charge in [0.25, 0.3) is 0 Å². The van der Waals surface area contributed by atoms with E-state index in [0.29, 0.717) is 5.92 Å². The van der Waals surface area contributed by atoms with Crippen molar-refractivity contribution in [2.75, 3.05) is 5.73 Å². The summed E-state index contributed by atoms with van der Waals surface area (Å²) in [5.74, 6) is 2.62. The molecule has 0 aliphatic heterocycles. The van der Waals surface area contributed by atoms with E-state index in [2.05, 4.69) is 37.2 Å². The molecule has 0 bridgehead atoms. The second kappa shape index (κ2) is 5.19. The first-order chi connectivity index (χ1) is 7.10. The van der Waals surface area contributed by atoms with Crippen molar-refractivity contribution in [3.8, 4) is 0 Å². The predicted molar refractivity (Wildman–Crippen MR) is 64.9 cm³/mol. The molecule has 86 valence electrons. The first-order valence-electron chi connectivity index (χ1n) is 5.93. The van der Waals surface area contributed by atoms with Gasteiger partial charge in [0.2, 0.25) is 0 Å². The molecule has 0 spiro atoms. The SMILES string of the molecule is CCCc1nc(CC)n(CC(C)C)c1N. The fourth-order valence-electron chi connectivity index (χ4n) is 1.83. The van der Waals surface area contributed by atoms with Gasteiger partial charge >= 0.3 is 0 Å². The van der Waals surface area contributed by atoms with Crippen molar-refractivity contribution < 1.29 is 0 Å². The molecule has 1 aromatic heterocycles. The van der Waals surface area contributed by atoms with Gasteiger partial charge in [-0.1, -0.05) is 34.1 Å². The summed E-state index contributed by atoms with van der Waals surface area (Å²) in [7, 11) is 0. The predicted octanol–water partition coefficient (Wildman–Crippen LogP) is 2.64. The highest BCUT2D eigenvalue weighted by molar-refractivity contribution is 5.38. The van der Waals surface area contributed by atoms with Gasteiger partial charge in [0.05, 0.1) is 5.69 Å². The zero-order valence-electron chi connectivity index (χ0n) is 10.4. The van der Waals surface area contributed by atoms with Crippen molar-refractivity contribution in [1.29, 1.82) is 0 Å². The van der Waals surface area contributed by atoms with Crippen LogP contribution in [0.1, 0.15) is 45.6 Å². The third-order valence-electron chi connectivity index (χ3n) is 2.51. The average Bonchev–Trinajstić information content (AvgIpc) is 2.46. The van der Waals surface area contributed by atoms with E-state index in [4.69, 9.17) is 5.73 Å². The fraction of sp³-hybridized carbons (Fsp3) is 0.750. The minimum absolute atomic E-state index is 0.612. The summed E-state index contributed by atoms with van der Waals surface area (Å²) >= 11 is 0. The number of anilines is 1. The summed E-state index contributed by atoms with van der Waals surface area (Å²) in [6.07, 6.45) is 3.05. The molecule has 0 amide bonds. The highest BCUT2D eigenvalue weighted by Crippen LogP contribution is 2.18. The normalized spacial score (nSPS) is 11.3. The number of hydrogen-bond donors (Lipinski definition) is 1. The number of aromatic nitrogens is 2. The monoisotopic (exact) mass is 209 g/mol. The lowest BCUT2D eigenvalue weighted by Gasteiger charge is -2.11. The van der Waals surface area contributed by atoms with Gasteiger partial charge in [-0.2, -0.15) is 0 Å². The zero-order valence-corrected chi connectivity index (χ0v) is 10.4. The second-order valence-corrected chi connectivity index (χ2v) is 4.47. The average molecular weight is 209 g/mol. The van der Waals surface area contributed by atoms with Crippen LogP contribution in [-0.2, 0) is 19.4 Å². The smallest absolute Gasteiger partial charge is 0.126 e. The van der Waals surface area contributed by atoms with E-state index in [9.17, 15) is 0 Å². The first kappa shape index (κ1) is 12.1. The molecule has 15 heavy (non-hydrogen) atoms. The Morgan fingerprint density at radius 2 is 2.00 bits per heavy atom. The molecule has 2 N–H and O–H groups in total. The van der Waals surface area contributed by atoms with E-state index >= 15 is 0 Å². The highest BCUT2D eigenvalue weighted by Gasteiger charge is 2.13. The van der Waals surface area contributed by atoms with Crippen molar-refractivity contribution in [1.82, 2.24) is 9.55 Å². The van der Waals surface area contributed by atoms with E-state index in [1.165, 1.54) is 0 Å². The summed E-state index contributed by atoms with van der Waals surface area (Å²) in [4.78, 5) is 4.61. The van der Waals surface area contributed by atoms with Crippen LogP contribution >= 0.6 is 0 Å². The summed E-state index contributed by atoms with van der Waals surface area (Å²) in [6.45, 7) is 9.68. The topological polar surface area (TPSA) is 43.8 Å². The van der Waals surface area contributed by atoms with Gasteiger partial charge in [0.15, 0.2) is 0 Å². The molecular formula is C12H23N3. The maximum atomic E-state index is 6.11. The van der Waals surface area contributed by atoms with E-state index in [-0.39, 0.29) is 0 Å². The molecular weight excluding hydrogens is 186 g/mol. The highest BCUT2D eigenvalue weighted by atomic mass is 15.1. The number of nitrogens with zero attached hydrogens (tertiary/aromatic N) is 2. The van der Waals surface area contributed by atoms with Crippen LogP contribution in [0, 0.1) is 5.92 Å². The maximum Gasteiger partial charge on any atom is 0.126 e. The molecule has 0 atom stereocenters. The number of imidazole rings is 1. The number of nitrogen functional groups attached to an aromatic ring is 1. The third-order valence-corrected chi connectivity index (χ3v) is 2.51. The maximum absolute atomic E-state index is 6.11. The molecule has 3 heteroatoms. The van der Waals surface area contributed by atoms with Gasteiger partial charge in [0.1, 0.15) is 11.6 Å². The van der Waals surface area contributed by atoms with Crippen LogP contribution in [0.2, 0.25) is 0 Å². The van der Waals surface area contributed by atoms with Gasteiger partial charge in [0, 0.05) is 13.0 Å². The third kappa shape index (κ3) is 2.74. The molecule has 0 aliphatic rings. The Kier molecular flexibility index (Phi) is 4.18. The van der Waals surface area contributed by atoms with E-state index in [1.807, 2.05) is 0 Å². The molecule has 1 rings (SSSR count). The second-order valence-electron chi connectivity index (χ2n) is 4.47. The van der Waals surface area contributed by atoms with Crippen LogP contribution < -0.4 is 5.73 Å². The Balaban J connectivity index is 3.00. The Bertz CT molecular complexity index is 313. The van der Waals surface area contributed by atoms with Crippen LogP contribution in [0.4, 0.5) is 5.82 Å². The van der Waals surface area contributed by atoms with Crippen LogP contribution in [0.5, 0.6) is 0 Å². The number of rotatable bonds is 5. The Morgan fingerprint density at radius 3 is 2.47 bits per heavy atom. The lowest BCUT2D eigenvalue weighted by molar-refractivity contribution is 0.513. The van der Waals surface area contributed by atoms with Crippen molar-refractivity contribution in [2.45, 2.75) is 53.5 Å². The number of hydrogen-bond acceptors (Lipinski definition) is 2. The van der Waals surface area contributed by atoms with Gasteiger partial charge in [-0.25, -0.2) is 4.98 Å². The zero-order chi connectivity index (χ0) is 11.4. The fourth-order valence-corrected chi connectivity index (χ4v) is 1.83. The molecule has 0 saturated heterocycles.